The van der Waals surface area contributed by atoms with Gasteiger partial charge in [0.1, 0.15) is 13.2 Å². The molecule has 2 aromatic rings. The zero-order chi connectivity index (χ0) is 19.7. The van der Waals surface area contributed by atoms with E-state index in [1.807, 2.05) is 6.07 Å². The van der Waals surface area contributed by atoms with E-state index in [1.54, 1.807) is 0 Å². The van der Waals surface area contributed by atoms with E-state index >= 15 is 0 Å². The van der Waals surface area contributed by atoms with Gasteiger partial charge in [-0.1, -0.05) is 6.92 Å². The molecule has 0 amide bonds. The summed E-state index contributed by atoms with van der Waals surface area (Å²) < 4.78 is 11.3. The highest BCUT2D eigenvalue weighted by Crippen LogP contribution is 2.34. The maximum absolute atomic E-state index is 5.67. The van der Waals surface area contributed by atoms with Crippen molar-refractivity contribution in [2.45, 2.75) is 46.6 Å². The first-order valence-electron chi connectivity index (χ1n) is 10.4. The highest BCUT2D eigenvalue weighted by Gasteiger charge is 2.30. The molecule has 4 heterocycles. The second-order valence-corrected chi connectivity index (χ2v) is 8.40. The standard InChI is InChI=1S/C23H31N3O2/c1-15-14-26(8-7-20(15)13-19-11-16(2)24-17(3)12-19)18(4)21-5-6-22-23(25-21)28-10-9-27-22/h5-6,11-12,15,18,20H,7-10,13-14H2,1-4H3/t15-,18?,20+/m0/s1. The van der Waals surface area contributed by atoms with Crippen molar-refractivity contribution >= 4 is 0 Å². The summed E-state index contributed by atoms with van der Waals surface area (Å²) in [6.07, 6.45) is 2.37. The average Bonchev–Trinajstić information content (AvgIpc) is 2.68. The topological polar surface area (TPSA) is 47.5 Å². The molecule has 0 N–H and O–H groups in total. The molecule has 0 aliphatic carbocycles. The largest absolute Gasteiger partial charge is 0.484 e. The Hall–Kier alpha value is -2.14. The van der Waals surface area contributed by atoms with E-state index in [0.29, 0.717) is 25.0 Å². The molecule has 0 spiro atoms. The Morgan fingerprint density at radius 1 is 1.11 bits per heavy atom. The van der Waals surface area contributed by atoms with Crippen LogP contribution in [0.1, 0.15) is 49.0 Å². The molecule has 1 saturated heterocycles. The number of ether oxygens (including phenoxy) is 2. The normalized spacial score (nSPS) is 23.4. The molecule has 0 bridgehead atoms. The number of rotatable bonds is 4. The van der Waals surface area contributed by atoms with E-state index in [9.17, 15) is 0 Å². The van der Waals surface area contributed by atoms with Crippen molar-refractivity contribution in [2.24, 2.45) is 11.8 Å². The predicted octanol–water partition coefficient (Wildman–Crippen LogP) is 4.13. The Kier molecular flexibility index (Phi) is 5.54. The highest BCUT2D eigenvalue weighted by molar-refractivity contribution is 5.36. The number of fused-ring (bicyclic) bond motifs is 1. The molecule has 3 atom stereocenters. The number of likely N-dealkylation sites (tertiary alicyclic amines) is 1. The van der Waals surface area contributed by atoms with Crippen LogP contribution in [0.3, 0.4) is 0 Å². The third-order valence-electron chi connectivity index (χ3n) is 6.16. The van der Waals surface area contributed by atoms with Crippen LogP contribution in [-0.4, -0.2) is 41.2 Å². The van der Waals surface area contributed by atoms with Gasteiger partial charge >= 0.3 is 0 Å². The highest BCUT2D eigenvalue weighted by atomic mass is 16.6. The minimum Gasteiger partial charge on any atom is -0.484 e. The van der Waals surface area contributed by atoms with Crippen LogP contribution in [0.15, 0.2) is 24.3 Å². The molecular weight excluding hydrogens is 350 g/mol. The van der Waals surface area contributed by atoms with E-state index in [0.717, 1.165) is 48.3 Å². The van der Waals surface area contributed by atoms with E-state index in [2.05, 4.69) is 55.8 Å². The molecular formula is C23H31N3O2. The number of aromatic nitrogens is 2. The fourth-order valence-electron chi connectivity index (χ4n) is 4.59. The molecule has 2 aromatic heterocycles. The van der Waals surface area contributed by atoms with Crippen LogP contribution < -0.4 is 9.47 Å². The first-order chi connectivity index (χ1) is 13.5. The van der Waals surface area contributed by atoms with Gasteiger partial charge in [-0.15, -0.1) is 0 Å². The smallest absolute Gasteiger partial charge is 0.257 e. The molecule has 150 valence electrons. The fraction of sp³-hybridized carbons (Fsp3) is 0.565. The van der Waals surface area contributed by atoms with Gasteiger partial charge in [0.05, 0.1) is 5.69 Å². The fourth-order valence-corrected chi connectivity index (χ4v) is 4.59. The molecule has 4 rings (SSSR count). The zero-order valence-electron chi connectivity index (χ0n) is 17.4. The molecule has 0 saturated carbocycles. The van der Waals surface area contributed by atoms with Gasteiger partial charge in [0.2, 0.25) is 0 Å². The summed E-state index contributed by atoms with van der Waals surface area (Å²) in [5, 5.41) is 0. The quantitative estimate of drug-likeness (QED) is 0.797. The van der Waals surface area contributed by atoms with Gasteiger partial charge in [-0.25, -0.2) is 4.98 Å². The SMILES string of the molecule is Cc1cc(C[C@H]2CCN(C(C)c3ccc4c(n3)OCCO4)C[C@@H]2C)cc(C)n1. The van der Waals surface area contributed by atoms with Crippen LogP contribution in [0.4, 0.5) is 0 Å². The van der Waals surface area contributed by atoms with Crippen LogP contribution in [0.5, 0.6) is 11.6 Å². The average molecular weight is 382 g/mol. The lowest BCUT2D eigenvalue weighted by Crippen LogP contribution is -2.41. The summed E-state index contributed by atoms with van der Waals surface area (Å²) in [5.41, 5.74) is 4.74. The van der Waals surface area contributed by atoms with Gasteiger partial charge in [0.25, 0.3) is 5.88 Å². The lowest BCUT2D eigenvalue weighted by atomic mass is 9.81. The molecule has 2 aliphatic heterocycles. The minimum absolute atomic E-state index is 0.282. The van der Waals surface area contributed by atoms with Crippen molar-refractivity contribution in [2.75, 3.05) is 26.3 Å². The van der Waals surface area contributed by atoms with E-state index in [1.165, 1.54) is 12.0 Å². The molecule has 0 radical (unpaired) electrons. The number of piperidine rings is 1. The van der Waals surface area contributed by atoms with Gasteiger partial charge in [0.15, 0.2) is 5.75 Å². The molecule has 1 fully saturated rings. The summed E-state index contributed by atoms with van der Waals surface area (Å²) in [6, 6.07) is 8.85. The number of aryl methyl sites for hydroxylation is 2. The van der Waals surface area contributed by atoms with E-state index in [4.69, 9.17) is 14.5 Å². The van der Waals surface area contributed by atoms with Crippen molar-refractivity contribution in [3.05, 3.63) is 46.9 Å². The number of hydrogen-bond acceptors (Lipinski definition) is 5. The van der Waals surface area contributed by atoms with Crippen LogP contribution in [0.25, 0.3) is 0 Å². The first-order valence-corrected chi connectivity index (χ1v) is 10.4. The van der Waals surface area contributed by atoms with Crippen LogP contribution in [-0.2, 0) is 6.42 Å². The molecule has 5 heteroatoms. The zero-order valence-corrected chi connectivity index (χ0v) is 17.4. The Morgan fingerprint density at radius 2 is 1.86 bits per heavy atom. The number of hydrogen-bond donors (Lipinski definition) is 0. The van der Waals surface area contributed by atoms with Gasteiger partial charge in [-0.3, -0.25) is 9.88 Å². The molecule has 1 unspecified atom stereocenters. The van der Waals surface area contributed by atoms with Gasteiger partial charge in [0, 0.05) is 24.0 Å². The summed E-state index contributed by atoms with van der Waals surface area (Å²) in [7, 11) is 0. The van der Waals surface area contributed by atoms with Crippen molar-refractivity contribution in [1.29, 1.82) is 0 Å². The Balaban J connectivity index is 1.40. The second-order valence-electron chi connectivity index (χ2n) is 8.40. The van der Waals surface area contributed by atoms with Gasteiger partial charge in [-0.05, 0) is 81.8 Å². The van der Waals surface area contributed by atoms with E-state index in [-0.39, 0.29) is 6.04 Å². The first kappa shape index (κ1) is 19.2. The number of nitrogens with zero attached hydrogens (tertiary/aromatic N) is 3. The van der Waals surface area contributed by atoms with E-state index < -0.39 is 0 Å². The molecule has 5 nitrogen and oxygen atoms in total. The van der Waals surface area contributed by atoms with Crippen LogP contribution >= 0.6 is 0 Å². The third-order valence-corrected chi connectivity index (χ3v) is 6.16. The predicted molar refractivity (Wildman–Crippen MR) is 110 cm³/mol. The molecule has 0 aromatic carbocycles. The third kappa shape index (κ3) is 4.14. The minimum atomic E-state index is 0.282. The summed E-state index contributed by atoms with van der Waals surface area (Å²) in [4.78, 5) is 11.8. The summed E-state index contributed by atoms with van der Waals surface area (Å²) in [6.45, 7) is 12.2. The van der Waals surface area contributed by atoms with Gasteiger partial charge < -0.3 is 9.47 Å². The Morgan fingerprint density at radius 3 is 2.61 bits per heavy atom. The summed E-state index contributed by atoms with van der Waals surface area (Å²) in [5.74, 6) is 2.78. The maximum atomic E-state index is 5.67. The lowest BCUT2D eigenvalue weighted by molar-refractivity contribution is 0.0925. The molecule has 2 aliphatic rings. The van der Waals surface area contributed by atoms with Crippen molar-refractivity contribution < 1.29 is 9.47 Å². The molecule has 28 heavy (non-hydrogen) atoms. The monoisotopic (exact) mass is 381 g/mol. The Bertz CT molecular complexity index is 818. The van der Waals surface area contributed by atoms with Gasteiger partial charge in [-0.2, -0.15) is 0 Å². The summed E-state index contributed by atoms with van der Waals surface area (Å²) >= 11 is 0. The van der Waals surface area contributed by atoms with Crippen LogP contribution in [0, 0.1) is 25.7 Å². The number of pyridine rings is 2. The maximum Gasteiger partial charge on any atom is 0.257 e. The van der Waals surface area contributed by atoms with Crippen molar-refractivity contribution in [3.63, 3.8) is 0 Å². The second kappa shape index (κ2) is 8.08. The van der Waals surface area contributed by atoms with Crippen molar-refractivity contribution in [3.8, 4) is 11.6 Å². The van der Waals surface area contributed by atoms with Crippen molar-refractivity contribution in [1.82, 2.24) is 14.9 Å². The van der Waals surface area contributed by atoms with Crippen LogP contribution in [0.2, 0.25) is 0 Å². The Labute approximate surface area is 168 Å². The lowest BCUT2D eigenvalue weighted by Gasteiger charge is -2.40.